The van der Waals surface area contributed by atoms with Crippen molar-refractivity contribution in [3.05, 3.63) is 36.6 Å². The van der Waals surface area contributed by atoms with Crippen molar-refractivity contribution in [2.45, 2.75) is 0 Å². The van der Waals surface area contributed by atoms with E-state index in [-0.39, 0.29) is 40.6 Å². The van der Waals surface area contributed by atoms with Crippen LogP contribution in [-0.2, 0) is 0 Å². The van der Waals surface area contributed by atoms with Gasteiger partial charge in [0.25, 0.3) is 0 Å². The number of furan rings is 1. The molecule has 0 saturated heterocycles. The smallest absolute Gasteiger partial charge is 1.00 e. The van der Waals surface area contributed by atoms with Gasteiger partial charge in [-0.25, -0.2) is 0 Å². The molecule has 10 heavy (non-hydrogen) atoms. The second-order valence-corrected chi connectivity index (χ2v) is 1.96. The minimum Gasteiger partial charge on any atom is -1.00 e. The molecule has 48 valence electrons. The van der Waals surface area contributed by atoms with E-state index in [1.807, 2.05) is 30.3 Å². The van der Waals surface area contributed by atoms with Gasteiger partial charge in [-0.2, -0.15) is 0 Å². The Morgan fingerprint density at radius 1 is 1.10 bits per heavy atom. The van der Waals surface area contributed by atoms with Crippen LogP contribution in [0.1, 0.15) is 2.85 Å². The van der Waals surface area contributed by atoms with Crippen molar-refractivity contribution < 1.29 is 7.27 Å². The van der Waals surface area contributed by atoms with Crippen molar-refractivity contribution in [1.82, 2.24) is 0 Å². The monoisotopic (exact) mass is 160 g/mol. The van der Waals surface area contributed by atoms with Crippen molar-refractivity contribution >= 4 is 48.7 Å². The first-order chi connectivity index (χ1) is 4.47. The maximum Gasteiger partial charge on any atom is 2.00 e. The summed E-state index contributed by atoms with van der Waals surface area (Å²) in [4.78, 5) is 0. The average molecular weight is 160 g/mol. The van der Waals surface area contributed by atoms with E-state index >= 15 is 0 Å². The summed E-state index contributed by atoms with van der Waals surface area (Å²) in [6.45, 7) is 0. The van der Waals surface area contributed by atoms with Crippen LogP contribution in [0.3, 0.4) is 0 Å². The zero-order valence-electron chi connectivity index (χ0n) is 7.58. The van der Waals surface area contributed by atoms with Gasteiger partial charge in [0, 0.05) is 5.39 Å². The van der Waals surface area contributed by atoms with Gasteiger partial charge >= 0.3 is 37.7 Å². The minimum atomic E-state index is 0. The molecule has 0 saturated carbocycles. The summed E-state index contributed by atoms with van der Waals surface area (Å²) in [5.41, 5.74) is 0.956. The third-order valence-corrected chi connectivity index (χ3v) is 1.36. The fourth-order valence-electron chi connectivity index (χ4n) is 0.906. The van der Waals surface area contributed by atoms with Gasteiger partial charge in [-0.15, -0.1) is 0 Å². The van der Waals surface area contributed by atoms with Gasteiger partial charge in [-0.1, -0.05) is 18.2 Å². The molecule has 0 spiro atoms. The fraction of sp³-hybridized carbons (Fsp3) is 0. The van der Waals surface area contributed by atoms with E-state index in [2.05, 4.69) is 0 Å². The summed E-state index contributed by atoms with van der Waals surface area (Å²) >= 11 is 0. The first-order valence-electron chi connectivity index (χ1n) is 2.89. The molecule has 1 heterocycles. The van der Waals surface area contributed by atoms with Crippen molar-refractivity contribution in [3.8, 4) is 0 Å². The third kappa shape index (κ3) is 1.36. The number of para-hydroxylation sites is 1. The molecule has 0 unspecified atom stereocenters. The van der Waals surface area contributed by atoms with Crippen molar-refractivity contribution in [2.24, 2.45) is 0 Å². The summed E-state index contributed by atoms with van der Waals surface area (Å²) in [6, 6.07) is 9.90. The Morgan fingerprint density at radius 3 is 2.70 bits per heavy atom. The third-order valence-electron chi connectivity index (χ3n) is 1.36. The number of hydrogen-bond donors (Lipinski definition) is 0. The number of benzene rings is 1. The Hall–Kier alpha value is 0.0197. The van der Waals surface area contributed by atoms with Crippen LogP contribution in [0.15, 0.2) is 41.0 Å². The van der Waals surface area contributed by atoms with Gasteiger partial charge in [0.1, 0.15) is 5.58 Å². The van der Waals surface area contributed by atoms with Gasteiger partial charge in [0.15, 0.2) is 0 Å². The largest absolute Gasteiger partial charge is 2.00 e. The molecule has 0 aliphatic heterocycles. The predicted octanol–water partition coefficient (Wildman–Crippen LogP) is 2.28. The zero-order valence-corrected chi connectivity index (χ0v) is 7.79. The number of fused-ring (bicyclic) bond motifs is 1. The fourth-order valence-corrected chi connectivity index (χ4v) is 0.906. The van der Waals surface area contributed by atoms with Crippen molar-refractivity contribution in [2.75, 3.05) is 0 Å². The molecule has 0 aliphatic carbocycles. The van der Waals surface area contributed by atoms with Gasteiger partial charge in [0.05, 0.1) is 6.26 Å². The SMILES string of the molecule is [Ca+2].[H-].[H-].c1ccc2occc2c1. The van der Waals surface area contributed by atoms with E-state index in [1.165, 1.54) is 0 Å². The maximum absolute atomic E-state index is 5.12. The van der Waals surface area contributed by atoms with E-state index in [0.717, 1.165) is 11.0 Å². The molecule has 2 heteroatoms. The molecular formula is C8H8CaO. The second-order valence-electron chi connectivity index (χ2n) is 1.96. The molecule has 0 atom stereocenters. The molecule has 1 aromatic heterocycles. The molecule has 2 rings (SSSR count). The second kappa shape index (κ2) is 3.42. The van der Waals surface area contributed by atoms with E-state index in [4.69, 9.17) is 4.42 Å². The van der Waals surface area contributed by atoms with E-state index < -0.39 is 0 Å². The quantitative estimate of drug-likeness (QED) is 0.539. The molecule has 0 fully saturated rings. The Kier molecular flexibility index (Phi) is 2.78. The van der Waals surface area contributed by atoms with Crippen molar-refractivity contribution in [3.63, 3.8) is 0 Å². The van der Waals surface area contributed by atoms with Gasteiger partial charge in [0.2, 0.25) is 0 Å². The predicted molar refractivity (Wildman–Crippen MR) is 44.2 cm³/mol. The van der Waals surface area contributed by atoms with E-state index in [0.29, 0.717) is 0 Å². The molecule has 1 aromatic carbocycles. The normalized spacial score (nSPS) is 9.20. The maximum atomic E-state index is 5.12. The van der Waals surface area contributed by atoms with Gasteiger partial charge in [-0.05, 0) is 12.1 Å². The van der Waals surface area contributed by atoms with Crippen LogP contribution in [0.4, 0.5) is 0 Å². The summed E-state index contributed by atoms with van der Waals surface area (Å²) in [5.74, 6) is 0. The van der Waals surface area contributed by atoms with Gasteiger partial charge < -0.3 is 7.27 Å². The van der Waals surface area contributed by atoms with Crippen LogP contribution in [-0.4, -0.2) is 37.7 Å². The van der Waals surface area contributed by atoms with Crippen LogP contribution in [0.25, 0.3) is 11.0 Å². The van der Waals surface area contributed by atoms with Crippen LogP contribution in [0.2, 0.25) is 0 Å². The topological polar surface area (TPSA) is 13.1 Å². The molecule has 0 aliphatic rings. The summed E-state index contributed by atoms with van der Waals surface area (Å²) in [6.07, 6.45) is 1.70. The molecule has 1 nitrogen and oxygen atoms in total. The summed E-state index contributed by atoms with van der Waals surface area (Å²) < 4.78 is 5.12. The van der Waals surface area contributed by atoms with Crippen LogP contribution >= 0.6 is 0 Å². The first kappa shape index (κ1) is 8.12. The molecule has 0 N–H and O–H groups in total. The summed E-state index contributed by atoms with van der Waals surface area (Å²) in [7, 11) is 0. The number of rotatable bonds is 0. The van der Waals surface area contributed by atoms with Crippen LogP contribution in [0.5, 0.6) is 0 Å². The molecule has 2 aromatic rings. The first-order valence-corrected chi connectivity index (χ1v) is 2.89. The van der Waals surface area contributed by atoms with Crippen LogP contribution < -0.4 is 0 Å². The molecule has 0 bridgehead atoms. The Labute approximate surface area is 92.0 Å². The van der Waals surface area contributed by atoms with Gasteiger partial charge in [-0.3, -0.25) is 0 Å². The van der Waals surface area contributed by atoms with E-state index in [9.17, 15) is 0 Å². The Morgan fingerprint density at radius 2 is 1.90 bits per heavy atom. The average Bonchev–Trinajstić information content (AvgIpc) is 2.33. The standard InChI is InChI=1S/C8H6O.Ca.2H/c1-2-4-8-7(3-1)5-6-9-8;;;/h1-6H;;;/q;+2;2*-1. The Balaban J connectivity index is 0. The Bertz CT molecular complexity index is 291. The summed E-state index contributed by atoms with van der Waals surface area (Å²) in [5, 5.41) is 1.16. The molecular weight excluding hydrogens is 152 g/mol. The molecule has 0 radical (unpaired) electrons. The van der Waals surface area contributed by atoms with Crippen molar-refractivity contribution in [1.29, 1.82) is 0 Å². The molecule has 0 amide bonds. The van der Waals surface area contributed by atoms with Crippen LogP contribution in [0, 0.1) is 0 Å². The van der Waals surface area contributed by atoms with E-state index in [1.54, 1.807) is 6.26 Å². The zero-order chi connectivity index (χ0) is 6.10. The minimum absolute atomic E-state index is 0. The number of hydrogen-bond acceptors (Lipinski definition) is 1.